The Kier molecular flexibility index (Phi) is 1.97. The van der Waals surface area contributed by atoms with Crippen molar-refractivity contribution in [2.75, 3.05) is 13.2 Å². The Morgan fingerprint density at radius 1 is 0.867 bits per heavy atom. The lowest BCUT2D eigenvalue weighted by molar-refractivity contribution is -0.0729. The SMILES string of the molecule is C1=CC2(C=Cc3ccccc31)OCCO2. The lowest BCUT2D eigenvalue weighted by atomic mass is 10.1. The Balaban J connectivity index is 2.05. The van der Waals surface area contributed by atoms with E-state index in [-0.39, 0.29) is 0 Å². The van der Waals surface area contributed by atoms with Gasteiger partial charge in [-0.25, -0.2) is 0 Å². The van der Waals surface area contributed by atoms with Crippen LogP contribution < -0.4 is 0 Å². The predicted molar refractivity (Wildman–Crippen MR) is 59.1 cm³/mol. The van der Waals surface area contributed by atoms with Gasteiger partial charge >= 0.3 is 0 Å². The largest absolute Gasteiger partial charge is 0.341 e. The van der Waals surface area contributed by atoms with E-state index in [1.807, 2.05) is 24.3 Å². The topological polar surface area (TPSA) is 18.5 Å². The molecule has 0 unspecified atom stereocenters. The van der Waals surface area contributed by atoms with Crippen LogP contribution in [0.25, 0.3) is 12.2 Å². The van der Waals surface area contributed by atoms with Gasteiger partial charge < -0.3 is 9.47 Å². The summed E-state index contributed by atoms with van der Waals surface area (Å²) in [6, 6.07) is 8.24. The molecule has 0 bridgehead atoms. The molecule has 0 aromatic heterocycles. The normalized spacial score (nSPS) is 21.6. The summed E-state index contributed by atoms with van der Waals surface area (Å²) in [6.45, 7) is 1.32. The molecule has 2 heteroatoms. The second-order valence-electron chi connectivity index (χ2n) is 3.71. The molecule has 1 spiro atoms. The average Bonchev–Trinajstić information content (AvgIpc) is 2.65. The van der Waals surface area contributed by atoms with Crippen molar-refractivity contribution >= 4 is 12.2 Å². The molecule has 1 aliphatic heterocycles. The van der Waals surface area contributed by atoms with Crippen LogP contribution in [0.4, 0.5) is 0 Å². The van der Waals surface area contributed by atoms with Crippen molar-refractivity contribution in [3.63, 3.8) is 0 Å². The highest BCUT2D eigenvalue weighted by Crippen LogP contribution is 2.28. The van der Waals surface area contributed by atoms with Crippen LogP contribution in [0.15, 0.2) is 36.4 Å². The van der Waals surface area contributed by atoms with Crippen LogP contribution in [0, 0.1) is 0 Å². The highest BCUT2D eigenvalue weighted by Gasteiger charge is 2.31. The fraction of sp³-hybridized carbons (Fsp3) is 0.231. The van der Waals surface area contributed by atoms with E-state index in [0.29, 0.717) is 13.2 Å². The molecule has 1 saturated heterocycles. The van der Waals surface area contributed by atoms with Gasteiger partial charge in [0.25, 0.3) is 0 Å². The maximum absolute atomic E-state index is 5.60. The minimum Gasteiger partial charge on any atom is -0.341 e. The minimum absolute atomic E-state index is 0.626. The molecule has 0 N–H and O–H groups in total. The van der Waals surface area contributed by atoms with E-state index < -0.39 is 5.79 Å². The molecular weight excluding hydrogens is 188 g/mol. The summed E-state index contributed by atoms with van der Waals surface area (Å²) >= 11 is 0. The molecular formula is C13H12O2. The Hall–Kier alpha value is -1.38. The Labute approximate surface area is 88.8 Å². The maximum Gasteiger partial charge on any atom is 0.208 e. The van der Waals surface area contributed by atoms with E-state index in [9.17, 15) is 0 Å². The monoisotopic (exact) mass is 200 g/mol. The molecule has 1 aliphatic carbocycles. The first kappa shape index (κ1) is 8.89. The molecule has 1 aromatic rings. The van der Waals surface area contributed by atoms with Gasteiger partial charge in [-0.3, -0.25) is 0 Å². The molecule has 0 amide bonds. The van der Waals surface area contributed by atoms with E-state index in [1.165, 1.54) is 11.1 Å². The van der Waals surface area contributed by atoms with E-state index in [0.717, 1.165) is 0 Å². The summed E-state index contributed by atoms with van der Waals surface area (Å²) in [5, 5.41) is 0. The molecule has 0 atom stereocenters. The van der Waals surface area contributed by atoms with Crippen LogP contribution >= 0.6 is 0 Å². The molecule has 1 fully saturated rings. The van der Waals surface area contributed by atoms with Gasteiger partial charge in [0.15, 0.2) is 0 Å². The third kappa shape index (κ3) is 1.52. The number of benzene rings is 1. The standard InChI is InChI=1S/C13H12O2/c1-2-4-12-6-8-13(14-9-10-15-13)7-5-11(12)3-1/h1-8H,9-10H2. The van der Waals surface area contributed by atoms with Crippen molar-refractivity contribution in [2.45, 2.75) is 5.79 Å². The van der Waals surface area contributed by atoms with Gasteiger partial charge in [-0.05, 0) is 23.3 Å². The second kappa shape index (κ2) is 3.33. The van der Waals surface area contributed by atoms with Gasteiger partial charge in [0.1, 0.15) is 0 Å². The molecule has 0 radical (unpaired) electrons. The zero-order valence-corrected chi connectivity index (χ0v) is 8.35. The van der Waals surface area contributed by atoms with Crippen molar-refractivity contribution in [3.8, 4) is 0 Å². The first-order valence-electron chi connectivity index (χ1n) is 5.13. The van der Waals surface area contributed by atoms with Crippen LogP contribution in [-0.4, -0.2) is 19.0 Å². The first-order chi connectivity index (χ1) is 7.38. The molecule has 1 heterocycles. The van der Waals surface area contributed by atoms with E-state index >= 15 is 0 Å². The smallest absolute Gasteiger partial charge is 0.208 e. The van der Waals surface area contributed by atoms with Crippen molar-refractivity contribution < 1.29 is 9.47 Å². The van der Waals surface area contributed by atoms with Gasteiger partial charge in [0.05, 0.1) is 13.2 Å². The van der Waals surface area contributed by atoms with Crippen LogP contribution in [0.3, 0.4) is 0 Å². The second-order valence-corrected chi connectivity index (χ2v) is 3.71. The third-order valence-corrected chi connectivity index (χ3v) is 2.73. The molecule has 2 aliphatic rings. The molecule has 0 saturated carbocycles. The summed E-state index contributed by atoms with van der Waals surface area (Å²) < 4.78 is 11.2. The number of hydrogen-bond acceptors (Lipinski definition) is 2. The number of rotatable bonds is 0. The Morgan fingerprint density at radius 3 is 1.93 bits per heavy atom. The zero-order chi connectivity index (χ0) is 10.1. The van der Waals surface area contributed by atoms with Crippen molar-refractivity contribution in [1.82, 2.24) is 0 Å². The van der Waals surface area contributed by atoms with Crippen LogP contribution in [0.2, 0.25) is 0 Å². The average molecular weight is 200 g/mol. The molecule has 3 rings (SSSR count). The third-order valence-electron chi connectivity index (χ3n) is 2.73. The van der Waals surface area contributed by atoms with Gasteiger partial charge in [-0.2, -0.15) is 0 Å². The zero-order valence-electron chi connectivity index (χ0n) is 8.35. The molecule has 76 valence electrons. The summed E-state index contributed by atoms with van der Waals surface area (Å²) in [5.41, 5.74) is 2.40. The quantitative estimate of drug-likeness (QED) is 0.640. The minimum atomic E-state index is -0.626. The van der Waals surface area contributed by atoms with Crippen molar-refractivity contribution in [2.24, 2.45) is 0 Å². The Bertz CT molecular complexity index is 391. The van der Waals surface area contributed by atoms with Crippen LogP contribution in [0.5, 0.6) is 0 Å². The van der Waals surface area contributed by atoms with Crippen LogP contribution in [0.1, 0.15) is 11.1 Å². The number of ether oxygens (including phenoxy) is 2. The summed E-state index contributed by atoms with van der Waals surface area (Å²) in [4.78, 5) is 0. The highest BCUT2D eigenvalue weighted by molar-refractivity contribution is 5.68. The molecule has 1 aromatic carbocycles. The maximum atomic E-state index is 5.60. The van der Waals surface area contributed by atoms with Gasteiger partial charge in [0.2, 0.25) is 5.79 Å². The summed E-state index contributed by atoms with van der Waals surface area (Å²) in [5.74, 6) is -0.626. The van der Waals surface area contributed by atoms with Crippen molar-refractivity contribution in [3.05, 3.63) is 47.5 Å². The summed E-state index contributed by atoms with van der Waals surface area (Å²) in [7, 11) is 0. The van der Waals surface area contributed by atoms with Crippen molar-refractivity contribution in [1.29, 1.82) is 0 Å². The highest BCUT2D eigenvalue weighted by atomic mass is 16.7. The predicted octanol–water partition coefficient (Wildman–Crippen LogP) is 2.47. The van der Waals surface area contributed by atoms with Crippen LogP contribution in [-0.2, 0) is 9.47 Å². The van der Waals surface area contributed by atoms with E-state index in [4.69, 9.17) is 9.47 Å². The van der Waals surface area contributed by atoms with E-state index in [2.05, 4.69) is 24.3 Å². The van der Waals surface area contributed by atoms with Gasteiger partial charge in [-0.15, -0.1) is 0 Å². The Morgan fingerprint density at radius 2 is 1.40 bits per heavy atom. The fourth-order valence-electron chi connectivity index (χ4n) is 1.92. The number of hydrogen-bond donors (Lipinski definition) is 0. The van der Waals surface area contributed by atoms with Gasteiger partial charge in [-0.1, -0.05) is 36.4 Å². The molecule has 2 nitrogen and oxygen atoms in total. The first-order valence-corrected chi connectivity index (χ1v) is 5.13. The number of fused-ring (bicyclic) bond motifs is 1. The lowest BCUT2D eigenvalue weighted by Crippen LogP contribution is -2.23. The molecule has 15 heavy (non-hydrogen) atoms. The summed E-state index contributed by atoms with van der Waals surface area (Å²) in [6.07, 6.45) is 8.06. The van der Waals surface area contributed by atoms with E-state index in [1.54, 1.807) is 0 Å². The van der Waals surface area contributed by atoms with Gasteiger partial charge in [0, 0.05) is 0 Å². The lowest BCUT2D eigenvalue weighted by Gasteiger charge is -2.17. The fourth-order valence-corrected chi connectivity index (χ4v) is 1.92.